The summed E-state index contributed by atoms with van der Waals surface area (Å²) in [5, 5.41) is 0. The molecule has 0 aliphatic heterocycles. The molecule has 0 saturated carbocycles. The van der Waals surface area contributed by atoms with Crippen LogP contribution in [0, 0.1) is 0 Å². The Hall–Kier alpha value is -1.15. The number of nitrogens with zero attached hydrogens (tertiary/aromatic N) is 1. The van der Waals surface area contributed by atoms with Crippen molar-refractivity contribution >= 4 is 11.3 Å². The van der Waals surface area contributed by atoms with E-state index in [-0.39, 0.29) is 0 Å². The van der Waals surface area contributed by atoms with Crippen LogP contribution in [0.2, 0.25) is 0 Å². The van der Waals surface area contributed by atoms with Crippen LogP contribution in [0.4, 0.5) is 0 Å². The third-order valence-corrected chi connectivity index (χ3v) is 3.74. The summed E-state index contributed by atoms with van der Waals surface area (Å²) in [5.74, 6) is 0.637. The Morgan fingerprint density at radius 1 is 1.27 bits per heavy atom. The molecule has 2 aromatic rings. The van der Waals surface area contributed by atoms with Gasteiger partial charge in [0.15, 0.2) is 0 Å². The number of thiophene rings is 1. The molecule has 2 rings (SSSR count). The molecule has 0 aromatic carbocycles. The lowest BCUT2D eigenvalue weighted by Gasteiger charge is -1.99. The highest BCUT2D eigenvalue weighted by Crippen LogP contribution is 2.25. The van der Waals surface area contributed by atoms with Gasteiger partial charge in [-0.2, -0.15) is 0 Å². The van der Waals surface area contributed by atoms with Crippen LogP contribution in [0.25, 0.3) is 0 Å². The first-order valence-electron chi connectivity index (χ1n) is 5.23. The normalized spacial score (nSPS) is 10.9. The molecule has 0 N–H and O–H groups in total. The zero-order chi connectivity index (χ0) is 10.7. The van der Waals surface area contributed by atoms with Gasteiger partial charge in [0.2, 0.25) is 0 Å². The summed E-state index contributed by atoms with van der Waals surface area (Å²) in [6.45, 7) is 4.47. The van der Waals surface area contributed by atoms with Crippen LogP contribution in [0.5, 0.6) is 0 Å². The summed E-state index contributed by atoms with van der Waals surface area (Å²) < 4.78 is 0. The van der Waals surface area contributed by atoms with Crippen LogP contribution in [0.15, 0.2) is 36.7 Å². The molecule has 0 aliphatic carbocycles. The Morgan fingerprint density at radius 3 is 2.73 bits per heavy atom. The summed E-state index contributed by atoms with van der Waals surface area (Å²) in [5.41, 5.74) is 1.29. The minimum absolute atomic E-state index is 0.637. The van der Waals surface area contributed by atoms with Gasteiger partial charge in [-0.3, -0.25) is 4.98 Å². The summed E-state index contributed by atoms with van der Waals surface area (Å²) in [6, 6.07) is 8.59. The van der Waals surface area contributed by atoms with Crippen molar-refractivity contribution in [2.75, 3.05) is 0 Å². The molecule has 15 heavy (non-hydrogen) atoms. The lowest BCUT2D eigenvalue weighted by atomic mass is 10.1. The predicted molar refractivity (Wildman–Crippen MR) is 65.5 cm³/mol. The van der Waals surface area contributed by atoms with Crippen LogP contribution in [-0.2, 0) is 6.42 Å². The van der Waals surface area contributed by atoms with Crippen molar-refractivity contribution in [3.8, 4) is 0 Å². The Kier molecular flexibility index (Phi) is 3.17. The van der Waals surface area contributed by atoms with Crippen LogP contribution in [-0.4, -0.2) is 4.98 Å². The topological polar surface area (TPSA) is 12.9 Å². The fourth-order valence-electron chi connectivity index (χ4n) is 1.50. The molecule has 0 unspecified atom stereocenters. The smallest absolute Gasteiger partial charge is 0.0303 e. The first-order valence-corrected chi connectivity index (χ1v) is 6.05. The van der Waals surface area contributed by atoms with E-state index >= 15 is 0 Å². The number of aromatic nitrogens is 1. The average Bonchev–Trinajstić information content (AvgIpc) is 2.68. The number of pyridine rings is 1. The Bertz CT molecular complexity index is 417. The van der Waals surface area contributed by atoms with Crippen molar-refractivity contribution in [3.05, 3.63) is 52.0 Å². The molecular weight excluding hydrogens is 202 g/mol. The van der Waals surface area contributed by atoms with Crippen LogP contribution in [0.3, 0.4) is 0 Å². The number of rotatable bonds is 3. The van der Waals surface area contributed by atoms with Gasteiger partial charge in [0, 0.05) is 28.6 Å². The quantitative estimate of drug-likeness (QED) is 0.760. The fraction of sp³-hybridized carbons (Fsp3) is 0.308. The molecule has 1 nitrogen and oxygen atoms in total. The van der Waals surface area contributed by atoms with E-state index in [9.17, 15) is 0 Å². The Morgan fingerprint density at radius 2 is 2.13 bits per heavy atom. The lowest BCUT2D eigenvalue weighted by Crippen LogP contribution is -1.84. The van der Waals surface area contributed by atoms with Gasteiger partial charge in [-0.25, -0.2) is 0 Å². The number of hydrogen-bond donors (Lipinski definition) is 0. The van der Waals surface area contributed by atoms with Crippen molar-refractivity contribution in [2.24, 2.45) is 0 Å². The van der Waals surface area contributed by atoms with E-state index in [0.29, 0.717) is 5.92 Å². The molecule has 2 aromatic heterocycles. The van der Waals surface area contributed by atoms with E-state index in [4.69, 9.17) is 0 Å². The third-order valence-electron chi connectivity index (χ3n) is 2.35. The largest absolute Gasteiger partial charge is 0.264 e. The maximum Gasteiger partial charge on any atom is 0.0303 e. The van der Waals surface area contributed by atoms with Gasteiger partial charge in [-0.15, -0.1) is 11.3 Å². The van der Waals surface area contributed by atoms with Crippen molar-refractivity contribution in [1.29, 1.82) is 0 Å². The Labute approximate surface area is 94.8 Å². The second-order valence-electron chi connectivity index (χ2n) is 4.00. The van der Waals surface area contributed by atoms with Gasteiger partial charge in [-0.1, -0.05) is 19.9 Å². The van der Waals surface area contributed by atoms with Gasteiger partial charge in [0.05, 0.1) is 0 Å². The highest BCUT2D eigenvalue weighted by atomic mass is 32.1. The first kappa shape index (κ1) is 10.4. The summed E-state index contributed by atoms with van der Waals surface area (Å²) in [7, 11) is 0. The maximum atomic E-state index is 4.13. The second-order valence-corrected chi connectivity index (χ2v) is 5.20. The van der Waals surface area contributed by atoms with Gasteiger partial charge in [0.25, 0.3) is 0 Å². The molecule has 0 fully saturated rings. The molecule has 0 saturated heterocycles. The van der Waals surface area contributed by atoms with Gasteiger partial charge < -0.3 is 0 Å². The van der Waals surface area contributed by atoms with Crippen molar-refractivity contribution in [2.45, 2.75) is 26.2 Å². The summed E-state index contributed by atoms with van der Waals surface area (Å²) in [4.78, 5) is 7.02. The minimum atomic E-state index is 0.637. The molecule has 2 heterocycles. The van der Waals surface area contributed by atoms with E-state index in [2.05, 4.69) is 37.0 Å². The molecule has 0 aliphatic rings. The Balaban J connectivity index is 2.12. The highest BCUT2D eigenvalue weighted by Gasteiger charge is 2.04. The maximum absolute atomic E-state index is 4.13. The molecule has 0 spiro atoms. The molecule has 0 bridgehead atoms. The van der Waals surface area contributed by atoms with E-state index in [1.807, 2.05) is 29.8 Å². The first-order chi connectivity index (χ1) is 7.25. The van der Waals surface area contributed by atoms with Gasteiger partial charge >= 0.3 is 0 Å². The van der Waals surface area contributed by atoms with Crippen LogP contribution >= 0.6 is 11.3 Å². The average molecular weight is 217 g/mol. The van der Waals surface area contributed by atoms with Crippen molar-refractivity contribution in [1.82, 2.24) is 4.98 Å². The third kappa shape index (κ3) is 2.66. The van der Waals surface area contributed by atoms with E-state index in [0.717, 1.165) is 6.42 Å². The van der Waals surface area contributed by atoms with E-state index < -0.39 is 0 Å². The molecule has 0 radical (unpaired) electrons. The summed E-state index contributed by atoms with van der Waals surface area (Å²) >= 11 is 1.91. The van der Waals surface area contributed by atoms with Gasteiger partial charge in [-0.05, 0) is 29.7 Å². The van der Waals surface area contributed by atoms with Crippen molar-refractivity contribution in [3.63, 3.8) is 0 Å². The standard InChI is InChI=1S/C13H15NS/c1-10(2)13-6-5-12(15-13)8-11-4-3-7-14-9-11/h3-7,9-10H,8H2,1-2H3. The molecule has 0 atom stereocenters. The number of hydrogen-bond acceptors (Lipinski definition) is 2. The predicted octanol–water partition coefficient (Wildman–Crippen LogP) is 3.86. The van der Waals surface area contributed by atoms with E-state index in [1.54, 1.807) is 0 Å². The second kappa shape index (κ2) is 4.58. The van der Waals surface area contributed by atoms with E-state index in [1.165, 1.54) is 15.3 Å². The summed E-state index contributed by atoms with van der Waals surface area (Å²) in [6.07, 6.45) is 4.76. The SMILES string of the molecule is CC(C)c1ccc(Cc2cccnc2)s1. The zero-order valence-electron chi connectivity index (χ0n) is 9.10. The molecule has 2 heteroatoms. The minimum Gasteiger partial charge on any atom is -0.264 e. The molecule has 0 amide bonds. The van der Waals surface area contributed by atoms with Crippen molar-refractivity contribution < 1.29 is 0 Å². The van der Waals surface area contributed by atoms with Gasteiger partial charge in [0.1, 0.15) is 0 Å². The monoisotopic (exact) mass is 217 g/mol. The van der Waals surface area contributed by atoms with Crippen LogP contribution < -0.4 is 0 Å². The molecule has 78 valence electrons. The van der Waals surface area contributed by atoms with Crippen LogP contribution in [0.1, 0.15) is 35.1 Å². The highest BCUT2D eigenvalue weighted by molar-refractivity contribution is 7.12. The lowest BCUT2D eigenvalue weighted by molar-refractivity contribution is 0.890. The molecular formula is C13H15NS. The fourth-order valence-corrected chi connectivity index (χ4v) is 2.55. The zero-order valence-corrected chi connectivity index (χ0v) is 9.92.